The summed E-state index contributed by atoms with van der Waals surface area (Å²) in [6.07, 6.45) is 2.47. The Bertz CT molecular complexity index is 1040. The zero-order valence-electron chi connectivity index (χ0n) is 15.0. The first-order valence-corrected chi connectivity index (χ1v) is 9.30. The topological polar surface area (TPSA) is 99.3 Å². The molecule has 1 N–H and O–H groups in total. The molecule has 150 valence electrons. The van der Waals surface area contributed by atoms with Gasteiger partial charge in [0.25, 0.3) is 5.91 Å². The van der Waals surface area contributed by atoms with Crippen molar-refractivity contribution in [3.8, 4) is 5.75 Å². The van der Waals surface area contributed by atoms with Gasteiger partial charge in [-0.15, -0.1) is 0 Å². The molecule has 1 heterocycles. The van der Waals surface area contributed by atoms with Crippen LogP contribution in [0.5, 0.6) is 5.75 Å². The second kappa shape index (κ2) is 9.40. The van der Waals surface area contributed by atoms with Gasteiger partial charge in [-0.25, -0.2) is 0 Å². The highest BCUT2D eigenvalue weighted by Gasteiger charge is 2.10. The average molecular weight is 435 g/mol. The van der Waals surface area contributed by atoms with Crippen molar-refractivity contribution in [1.82, 2.24) is 15.1 Å². The van der Waals surface area contributed by atoms with Gasteiger partial charge in [0, 0.05) is 12.1 Å². The number of carbonyl (C=O) groups excluding carboxylic acids is 1. The molecule has 3 aromatic rings. The largest absolute Gasteiger partial charge is 0.487 e. The van der Waals surface area contributed by atoms with Crippen molar-refractivity contribution >= 4 is 34.8 Å². The van der Waals surface area contributed by atoms with Crippen LogP contribution in [-0.4, -0.2) is 27.2 Å². The normalized spacial score (nSPS) is 10.6. The van der Waals surface area contributed by atoms with E-state index < -0.39 is 4.92 Å². The van der Waals surface area contributed by atoms with Gasteiger partial charge in [0.1, 0.15) is 29.8 Å². The van der Waals surface area contributed by atoms with Gasteiger partial charge in [-0.05, 0) is 29.8 Å². The number of rotatable bonds is 8. The monoisotopic (exact) mass is 434 g/mol. The number of nitrogens with one attached hydrogen (secondary N) is 1. The Labute approximate surface area is 176 Å². The standard InChI is InChI=1S/C19H16Cl2N4O4/c20-16-5-2-6-17(18(16)21)29-12-13-3-1-4-14(9-13)19(26)22-7-8-24-11-15(10-23-24)25(27)28/h1-6,9-11H,7-8,12H2,(H,22,26). The molecule has 2 aromatic carbocycles. The lowest BCUT2D eigenvalue weighted by Gasteiger charge is -2.10. The molecule has 0 aliphatic carbocycles. The lowest BCUT2D eigenvalue weighted by atomic mass is 10.1. The number of nitrogens with zero attached hydrogens (tertiary/aromatic N) is 3. The van der Waals surface area contributed by atoms with Crippen molar-refractivity contribution in [1.29, 1.82) is 0 Å². The van der Waals surface area contributed by atoms with Crippen LogP contribution in [0.25, 0.3) is 0 Å². The van der Waals surface area contributed by atoms with E-state index in [9.17, 15) is 14.9 Å². The molecule has 0 spiro atoms. The van der Waals surface area contributed by atoms with Crippen molar-refractivity contribution in [3.63, 3.8) is 0 Å². The highest BCUT2D eigenvalue weighted by Crippen LogP contribution is 2.31. The molecular weight excluding hydrogens is 419 g/mol. The number of halogens is 2. The fourth-order valence-corrected chi connectivity index (χ4v) is 2.86. The third kappa shape index (κ3) is 5.46. The molecule has 0 unspecified atom stereocenters. The van der Waals surface area contributed by atoms with Crippen molar-refractivity contribution < 1.29 is 14.5 Å². The third-order valence-corrected chi connectivity index (χ3v) is 4.76. The summed E-state index contributed by atoms with van der Waals surface area (Å²) in [5.74, 6) is 0.191. The van der Waals surface area contributed by atoms with Crippen LogP contribution in [0.1, 0.15) is 15.9 Å². The van der Waals surface area contributed by atoms with Crippen LogP contribution in [0.4, 0.5) is 5.69 Å². The number of ether oxygens (including phenoxy) is 1. The summed E-state index contributed by atoms with van der Waals surface area (Å²) in [6, 6.07) is 12.1. The Balaban J connectivity index is 1.54. The molecule has 0 saturated carbocycles. The quantitative estimate of drug-likeness (QED) is 0.424. The molecule has 1 amide bonds. The summed E-state index contributed by atoms with van der Waals surface area (Å²) < 4.78 is 7.08. The molecule has 1 aromatic heterocycles. The highest BCUT2D eigenvalue weighted by atomic mass is 35.5. The Kier molecular flexibility index (Phi) is 6.69. The lowest BCUT2D eigenvalue weighted by Crippen LogP contribution is -2.27. The van der Waals surface area contributed by atoms with Crippen molar-refractivity contribution in [2.45, 2.75) is 13.2 Å². The molecule has 10 heteroatoms. The molecule has 0 saturated heterocycles. The van der Waals surface area contributed by atoms with Gasteiger partial charge in [-0.1, -0.05) is 41.4 Å². The maximum absolute atomic E-state index is 12.3. The van der Waals surface area contributed by atoms with Gasteiger partial charge in [-0.3, -0.25) is 19.6 Å². The summed E-state index contributed by atoms with van der Waals surface area (Å²) in [5.41, 5.74) is 1.16. The van der Waals surface area contributed by atoms with E-state index in [1.165, 1.54) is 10.9 Å². The van der Waals surface area contributed by atoms with E-state index in [1.54, 1.807) is 36.4 Å². The SMILES string of the molecule is O=C(NCCn1cc([N+](=O)[O-])cn1)c1cccc(COc2cccc(Cl)c2Cl)c1. The highest BCUT2D eigenvalue weighted by molar-refractivity contribution is 6.42. The minimum Gasteiger partial charge on any atom is -0.487 e. The molecule has 0 bridgehead atoms. The second-order valence-electron chi connectivity index (χ2n) is 6.02. The van der Waals surface area contributed by atoms with Crippen LogP contribution in [0, 0.1) is 10.1 Å². The number of hydrogen-bond acceptors (Lipinski definition) is 5. The summed E-state index contributed by atoms with van der Waals surface area (Å²) >= 11 is 12.1. The van der Waals surface area contributed by atoms with E-state index in [-0.39, 0.29) is 24.7 Å². The third-order valence-electron chi connectivity index (χ3n) is 3.96. The van der Waals surface area contributed by atoms with E-state index in [0.29, 0.717) is 27.9 Å². The van der Waals surface area contributed by atoms with Crippen molar-refractivity contribution in [2.24, 2.45) is 0 Å². The molecule has 0 aliphatic rings. The number of hydrogen-bond donors (Lipinski definition) is 1. The predicted octanol–water partition coefficient (Wildman–Crippen LogP) is 4.11. The summed E-state index contributed by atoms with van der Waals surface area (Å²) in [6.45, 7) is 0.810. The summed E-state index contributed by atoms with van der Waals surface area (Å²) in [7, 11) is 0. The van der Waals surface area contributed by atoms with Crippen LogP contribution in [0.2, 0.25) is 10.0 Å². The van der Waals surface area contributed by atoms with E-state index in [2.05, 4.69) is 10.4 Å². The molecule has 3 rings (SSSR count). The van der Waals surface area contributed by atoms with E-state index in [1.807, 2.05) is 6.07 Å². The lowest BCUT2D eigenvalue weighted by molar-refractivity contribution is -0.385. The number of benzene rings is 2. The Morgan fingerprint density at radius 3 is 2.79 bits per heavy atom. The summed E-state index contributed by atoms with van der Waals surface area (Å²) in [5, 5.41) is 18.0. The molecule has 0 fully saturated rings. The maximum atomic E-state index is 12.3. The molecule has 29 heavy (non-hydrogen) atoms. The number of amides is 1. The first-order chi connectivity index (χ1) is 13.9. The first-order valence-electron chi connectivity index (χ1n) is 8.55. The second-order valence-corrected chi connectivity index (χ2v) is 6.80. The number of carbonyl (C=O) groups is 1. The maximum Gasteiger partial charge on any atom is 0.306 e. The van der Waals surface area contributed by atoms with Gasteiger partial charge in [0.15, 0.2) is 0 Å². The Morgan fingerprint density at radius 2 is 2.03 bits per heavy atom. The van der Waals surface area contributed by atoms with Crippen LogP contribution in [0.15, 0.2) is 54.9 Å². The molecule has 8 nitrogen and oxygen atoms in total. The van der Waals surface area contributed by atoms with Gasteiger partial charge >= 0.3 is 5.69 Å². The number of aromatic nitrogens is 2. The zero-order valence-corrected chi connectivity index (χ0v) is 16.6. The zero-order chi connectivity index (χ0) is 20.8. The van der Waals surface area contributed by atoms with Gasteiger partial charge in [0.2, 0.25) is 0 Å². The van der Waals surface area contributed by atoms with Gasteiger partial charge < -0.3 is 10.1 Å². The minimum absolute atomic E-state index is 0.0937. The van der Waals surface area contributed by atoms with Gasteiger partial charge in [0.05, 0.1) is 16.5 Å². The van der Waals surface area contributed by atoms with E-state index in [0.717, 1.165) is 11.8 Å². The van der Waals surface area contributed by atoms with Crippen LogP contribution >= 0.6 is 23.2 Å². The smallest absolute Gasteiger partial charge is 0.306 e. The predicted molar refractivity (Wildman–Crippen MR) is 108 cm³/mol. The average Bonchev–Trinajstić information content (AvgIpc) is 3.18. The minimum atomic E-state index is -0.522. The molecule has 0 radical (unpaired) electrons. The van der Waals surface area contributed by atoms with Crippen LogP contribution < -0.4 is 10.1 Å². The van der Waals surface area contributed by atoms with Crippen LogP contribution in [-0.2, 0) is 13.2 Å². The Hall–Kier alpha value is -3.10. The number of nitro groups is 1. The van der Waals surface area contributed by atoms with E-state index >= 15 is 0 Å². The summed E-state index contributed by atoms with van der Waals surface area (Å²) in [4.78, 5) is 22.5. The Morgan fingerprint density at radius 1 is 1.24 bits per heavy atom. The van der Waals surface area contributed by atoms with Gasteiger partial charge in [-0.2, -0.15) is 5.10 Å². The first kappa shape index (κ1) is 20.6. The fraction of sp³-hybridized carbons (Fsp3) is 0.158. The van der Waals surface area contributed by atoms with Crippen molar-refractivity contribution in [2.75, 3.05) is 6.54 Å². The fourth-order valence-electron chi connectivity index (χ4n) is 2.51. The van der Waals surface area contributed by atoms with Crippen molar-refractivity contribution in [3.05, 3.63) is 86.1 Å². The molecule has 0 atom stereocenters. The van der Waals surface area contributed by atoms with Crippen LogP contribution in [0.3, 0.4) is 0 Å². The molecule has 0 aliphatic heterocycles. The molecular formula is C19H16Cl2N4O4. The van der Waals surface area contributed by atoms with E-state index in [4.69, 9.17) is 27.9 Å².